The number of thiophene rings is 1. The Bertz CT molecular complexity index is 1070. The summed E-state index contributed by atoms with van der Waals surface area (Å²) >= 11 is 1.57. The van der Waals surface area contributed by atoms with Crippen molar-refractivity contribution in [1.29, 1.82) is 0 Å². The van der Waals surface area contributed by atoms with Gasteiger partial charge in [-0.3, -0.25) is 9.59 Å². The summed E-state index contributed by atoms with van der Waals surface area (Å²) in [4.78, 5) is 27.3. The molecule has 1 aromatic carbocycles. The van der Waals surface area contributed by atoms with Crippen LogP contribution < -0.4 is 10.9 Å². The lowest BCUT2D eigenvalue weighted by atomic mass is 9.89. The van der Waals surface area contributed by atoms with Crippen molar-refractivity contribution >= 4 is 33.1 Å². The second-order valence-corrected chi connectivity index (χ2v) is 8.23. The van der Waals surface area contributed by atoms with Gasteiger partial charge in [0.1, 0.15) is 6.54 Å². The fourth-order valence-electron chi connectivity index (χ4n) is 3.67. The zero-order valence-electron chi connectivity index (χ0n) is 15.5. The molecule has 1 N–H and O–H groups in total. The number of nitrogens with zero attached hydrogens (tertiary/aromatic N) is 3. The summed E-state index contributed by atoms with van der Waals surface area (Å²) in [7, 11) is 0. The molecule has 0 aliphatic heterocycles. The third kappa shape index (κ3) is 3.39. The molecule has 140 valence electrons. The Morgan fingerprint density at radius 2 is 2.19 bits per heavy atom. The molecule has 6 nitrogen and oxygen atoms in total. The molecule has 1 aliphatic rings. The normalized spacial score (nSPS) is 16.3. The Morgan fingerprint density at radius 3 is 3.00 bits per heavy atom. The van der Waals surface area contributed by atoms with Crippen LogP contribution in [0.4, 0.5) is 5.69 Å². The Balaban J connectivity index is 1.62. The maximum absolute atomic E-state index is 12.9. The second-order valence-electron chi connectivity index (χ2n) is 7.14. The molecule has 1 amide bonds. The molecule has 27 heavy (non-hydrogen) atoms. The van der Waals surface area contributed by atoms with Gasteiger partial charge in [-0.25, -0.2) is 4.68 Å². The van der Waals surface area contributed by atoms with Crippen molar-refractivity contribution in [3.8, 4) is 0 Å². The number of benzene rings is 1. The molecule has 1 unspecified atom stereocenters. The number of aromatic nitrogens is 3. The Hall–Kier alpha value is -2.54. The Kier molecular flexibility index (Phi) is 4.78. The van der Waals surface area contributed by atoms with Crippen molar-refractivity contribution < 1.29 is 4.79 Å². The van der Waals surface area contributed by atoms with Gasteiger partial charge >= 0.3 is 0 Å². The molecule has 3 aromatic rings. The van der Waals surface area contributed by atoms with E-state index in [1.54, 1.807) is 11.3 Å². The number of aryl methyl sites for hydroxylation is 2. The van der Waals surface area contributed by atoms with E-state index in [0.29, 0.717) is 16.1 Å². The van der Waals surface area contributed by atoms with Crippen LogP contribution in [0.15, 0.2) is 29.1 Å². The quantitative estimate of drug-likeness (QED) is 0.752. The first kappa shape index (κ1) is 17.9. The number of anilines is 1. The number of fused-ring (bicyclic) bond motifs is 3. The maximum Gasteiger partial charge on any atom is 0.279 e. The summed E-state index contributed by atoms with van der Waals surface area (Å²) in [6, 6.07) is 7.67. The van der Waals surface area contributed by atoms with Crippen molar-refractivity contribution in [1.82, 2.24) is 15.0 Å². The number of carbonyl (C=O) groups is 1. The fourth-order valence-corrected chi connectivity index (χ4v) is 4.99. The predicted molar refractivity (Wildman–Crippen MR) is 107 cm³/mol. The summed E-state index contributed by atoms with van der Waals surface area (Å²) < 4.78 is 1.18. The molecule has 2 aromatic heterocycles. The van der Waals surface area contributed by atoms with Crippen molar-refractivity contribution in [3.05, 3.63) is 50.6 Å². The van der Waals surface area contributed by atoms with Gasteiger partial charge in [-0.2, -0.15) is 0 Å². The molecule has 7 heteroatoms. The first-order valence-electron chi connectivity index (χ1n) is 9.32. The zero-order chi connectivity index (χ0) is 19.0. The highest BCUT2D eigenvalue weighted by molar-refractivity contribution is 7.18. The smallest absolute Gasteiger partial charge is 0.279 e. The van der Waals surface area contributed by atoms with Crippen LogP contribution in [0.1, 0.15) is 36.3 Å². The molecule has 2 heterocycles. The number of rotatable bonds is 4. The van der Waals surface area contributed by atoms with Crippen molar-refractivity contribution in [3.63, 3.8) is 0 Å². The van der Waals surface area contributed by atoms with E-state index in [4.69, 9.17) is 0 Å². The monoisotopic (exact) mass is 382 g/mol. The van der Waals surface area contributed by atoms with Crippen molar-refractivity contribution in [2.45, 2.75) is 46.1 Å². The maximum atomic E-state index is 12.9. The van der Waals surface area contributed by atoms with Crippen LogP contribution in [-0.2, 0) is 30.6 Å². The van der Waals surface area contributed by atoms with E-state index in [-0.39, 0.29) is 18.0 Å². The average molecular weight is 382 g/mol. The number of hydrogen-bond donors (Lipinski definition) is 1. The van der Waals surface area contributed by atoms with Crippen molar-refractivity contribution in [2.75, 3.05) is 5.32 Å². The van der Waals surface area contributed by atoms with Crippen LogP contribution in [0, 0.1) is 5.92 Å². The predicted octanol–water partition coefficient (Wildman–Crippen LogP) is 3.18. The van der Waals surface area contributed by atoms with E-state index in [1.165, 1.54) is 9.56 Å². The number of nitrogens with one attached hydrogen (secondary N) is 1. The van der Waals surface area contributed by atoms with Gasteiger partial charge in [0.2, 0.25) is 5.91 Å². The van der Waals surface area contributed by atoms with Gasteiger partial charge in [0.25, 0.3) is 5.56 Å². The van der Waals surface area contributed by atoms with E-state index in [0.717, 1.165) is 42.5 Å². The number of hydrogen-bond acceptors (Lipinski definition) is 5. The lowest BCUT2D eigenvalue weighted by molar-refractivity contribution is -0.117. The summed E-state index contributed by atoms with van der Waals surface area (Å²) in [6.07, 6.45) is 3.79. The molecular weight excluding hydrogens is 360 g/mol. The third-order valence-electron chi connectivity index (χ3n) is 5.15. The molecule has 0 spiro atoms. The van der Waals surface area contributed by atoms with Gasteiger partial charge in [0.05, 0.1) is 5.39 Å². The Labute approximate surface area is 161 Å². The minimum atomic E-state index is -0.274. The highest BCUT2D eigenvalue weighted by atomic mass is 32.1. The highest BCUT2D eigenvalue weighted by Crippen LogP contribution is 2.35. The summed E-state index contributed by atoms with van der Waals surface area (Å²) in [5, 5.41) is 11.7. The van der Waals surface area contributed by atoms with Gasteiger partial charge in [0.15, 0.2) is 4.83 Å². The third-order valence-corrected chi connectivity index (χ3v) is 6.29. The molecule has 0 saturated heterocycles. The number of para-hydroxylation sites is 1. The van der Waals surface area contributed by atoms with Crippen LogP contribution >= 0.6 is 11.3 Å². The van der Waals surface area contributed by atoms with Gasteiger partial charge in [-0.1, -0.05) is 37.3 Å². The van der Waals surface area contributed by atoms with Crippen molar-refractivity contribution in [2.24, 2.45) is 5.92 Å². The molecule has 1 aliphatic carbocycles. The van der Waals surface area contributed by atoms with E-state index in [9.17, 15) is 9.59 Å². The van der Waals surface area contributed by atoms with Gasteiger partial charge in [0, 0.05) is 10.6 Å². The number of carbonyl (C=O) groups excluding carboxylic acids is 1. The average Bonchev–Trinajstić information content (AvgIpc) is 3.02. The van der Waals surface area contributed by atoms with Gasteiger partial charge in [-0.05, 0) is 48.8 Å². The lowest BCUT2D eigenvalue weighted by Crippen LogP contribution is -2.30. The lowest BCUT2D eigenvalue weighted by Gasteiger charge is -2.17. The first-order valence-corrected chi connectivity index (χ1v) is 10.1. The topological polar surface area (TPSA) is 76.9 Å². The second kappa shape index (κ2) is 7.23. The first-order chi connectivity index (χ1) is 13.1. The Morgan fingerprint density at radius 1 is 1.37 bits per heavy atom. The molecule has 1 atom stereocenters. The van der Waals surface area contributed by atoms with Crippen LogP contribution in [0.3, 0.4) is 0 Å². The summed E-state index contributed by atoms with van der Waals surface area (Å²) in [5.74, 6) is 0.356. The van der Waals surface area contributed by atoms with E-state index in [2.05, 4.69) is 22.6 Å². The van der Waals surface area contributed by atoms with Crippen LogP contribution in [-0.4, -0.2) is 20.9 Å². The molecule has 0 saturated carbocycles. The van der Waals surface area contributed by atoms with E-state index < -0.39 is 0 Å². The van der Waals surface area contributed by atoms with Gasteiger partial charge < -0.3 is 5.32 Å². The standard InChI is InChI=1S/C20H22N4O2S/c1-3-13-6-4-5-7-15(13)21-17(25)11-24-20(26)18-14-9-8-12(2)10-16(14)27-19(18)22-23-24/h4-7,12H,3,8-11H2,1-2H3,(H,21,25). The molecular formula is C20H22N4O2S. The fraction of sp³-hybridized carbons (Fsp3) is 0.400. The highest BCUT2D eigenvalue weighted by Gasteiger charge is 2.24. The largest absolute Gasteiger partial charge is 0.324 e. The molecule has 0 radical (unpaired) electrons. The zero-order valence-corrected chi connectivity index (χ0v) is 16.3. The van der Waals surface area contributed by atoms with E-state index in [1.807, 2.05) is 31.2 Å². The molecule has 0 fully saturated rings. The minimum Gasteiger partial charge on any atom is -0.324 e. The minimum absolute atomic E-state index is 0.138. The number of amides is 1. The SMILES string of the molecule is CCc1ccccc1NC(=O)Cn1nnc2sc3c(c2c1=O)CCC(C)C3. The molecule has 0 bridgehead atoms. The molecule has 4 rings (SSSR count). The van der Waals surface area contributed by atoms with Crippen LogP contribution in [0.25, 0.3) is 10.2 Å². The van der Waals surface area contributed by atoms with E-state index >= 15 is 0 Å². The summed E-state index contributed by atoms with van der Waals surface area (Å²) in [6.45, 7) is 4.13. The van der Waals surface area contributed by atoms with Crippen LogP contribution in [0.5, 0.6) is 0 Å². The van der Waals surface area contributed by atoms with Gasteiger partial charge in [-0.15, -0.1) is 16.4 Å². The van der Waals surface area contributed by atoms with Crippen LogP contribution in [0.2, 0.25) is 0 Å². The summed E-state index contributed by atoms with van der Waals surface area (Å²) in [5.41, 5.74) is 2.72.